The number of benzene rings is 2. The van der Waals surface area contributed by atoms with Gasteiger partial charge in [-0.25, -0.2) is 26.8 Å². The third-order valence-corrected chi connectivity index (χ3v) is 7.41. The minimum absolute atomic E-state index is 0.0970. The lowest BCUT2D eigenvalue weighted by atomic mass is 9.75. The van der Waals surface area contributed by atoms with Crippen LogP contribution in [-0.4, -0.2) is 46.2 Å². The van der Waals surface area contributed by atoms with Gasteiger partial charge in [0, 0.05) is 18.4 Å². The van der Waals surface area contributed by atoms with Crippen LogP contribution in [0.4, 0.5) is 10.5 Å². The molecular weight excluding hydrogens is 525 g/mol. The minimum Gasteiger partial charge on any atom is -0.465 e. The number of sulfonamides is 2. The number of fused-ring (bicyclic) bond motifs is 1. The quantitative estimate of drug-likeness (QED) is 0.493. The molecule has 1 aliphatic carbocycles. The van der Waals surface area contributed by atoms with Crippen molar-refractivity contribution in [3.8, 4) is 0 Å². The molecule has 0 aromatic heterocycles. The Hall–Kier alpha value is -2.31. The van der Waals surface area contributed by atoms with Crippen molar-refractivity contribution in [2.45, 2.75) is 24.8 Å². The summed E-state index contributed by atoms with van der Waals surface area (Å²) in [5.41, 5.74) is 2.47. The van der Waals surface area contributed by atoms with E-state index in [0.717, 1.165) is 22.1 Å². The summed E-state index contributed by atoms with van der Waals surface area (Å²) in [6.45, 7) is 0. The maximum atomic E-state index is 12.0. The van der Waals surface area contributed by atoms with Crippen molar-refractivity contribution in [2.75, 3.05) is 18.0 Å². The Morgan fingerprint density at radius 2 is 1.79 bits per heavy atom. The summed E-state index contributed by atoms with van der Waals surface area (Å²) in [4.78, 5) is 12.9. The number of hydrogen-bond donors (Lipinski definition) is 3. The molecule has 0 fully saturated rings. The van der Waals surface area contributed by atoms with Crippen LogP contribution in [0.3, 0.4) is 0 Å². The molecule has 0 heterocycles. The number of nitrogens with one attached hydrogen (secondary N) is 1. The van der Waals surface area contributed by atoms with Gasteiger partial charge in [-0.1, -0.05) is 29.3 Å². The van der Waals surface area contributed by atoms with Crippen LogP contribution in [-0.2, 0) is 20.0 Å². The Balaban J connectivity index is 2.28. The summed E-state index contributed by atoms with van der Waals surface area (Å²) >= 11 is 12.3. The molecule has 34 heavy (non-hydrogen) atoms. The second-order valence-corrected chi connectivity index (χ2v) is 12.1. The molecule has 13 heteroatoms. The number of hydrogen-bond acceptors (Lipinski definition) is 5. The van der Waals surface area contributed by atoms with Crippen molar-refractivity contribution in [1.82, 2.24) is 4.90 Å². The Morgan fingerprint density at radius 3 is 2.35 bits per heavy atom. The molecule has 0 unspecified atom stereocenters. The number of halogens is 2. The van der Waals surface area contributed by atoms with Crippen LogP contribution in [0.2, 0.25) is 10.0 Å². The average Bonchev–Trinajstić information content (AvgIpc) is 2.71. The van der Waals surface area contributed by atoms with Gasteiger partial charge in [-0.15, -0.1) is 0 Å². The molecule has 1 amide bonds. The van der Waals surface area contributed by atoms with Crippen LogP contribution in [0.25, 0.3) is 6.08 Å². The van der Waals surface area contributed by atoms with Crippen molar-refractivity contribution in [1.29, 1.82) is 0 Å². The lowest BCUT2D eigenvalue weighted by Gasteiger charge is -2.36. The zero-order valence-electron chi connectivity index (χ0n) is 18.2. The molecule has 4 N–H and O–H groups in total. The van der Waals surface area contributed by atoms with Crippen LogP contribution in [0.1, 0.15) is 47.1 Å². The summed E-state index contributed by atoms with van der Waals surface area (Å²) in [5, 5.41) is 16.2. The van der Waals surface area contributed by atoms with Gasteiger partial charge in [-0.2, -0.15) is 0 Å². The van der Waals surface area contributed by atoms with Gasteiger partial charge in [0.1, 0.15) is 0 Å². The highest BCUT2D eigenvalue weighted by molar-refractivity contribution is 7.92. The summed E-state index contributed by atoms with van der Waals surface area (Å²) < 4.78 is 49.4. The highest BCUT2D eigenvalue weighted by Gasteiger charge is 2.33. The summed E-state index contributed by atoms with van der Waals surface area (Å²) in [7, 11) is -6.29. The fraction of sp³-hybridized carbons (Fsp3) is 0.286. The van der Waals surface area contributed by atoms with Crippen molar-refractivity contribution in [3.05, 3.63) is 68.0 Å². The number of nitrogens with two attached hydrogens (primary N) is 1. The lowest BCUT2D eigenvalue weighted by molar-refractivity contribution is 0.132. The van der Waals surface area contributed by atoms with E-state index in [-0.39, 0.29) is 17.2 Å². The molecule has 0 bridgehead atoms. The van der Waals surface area contributed by atoms with Gasteiger partial charge in [-0.3, -0.25) is 4.72 Å². The largest absolute Gasteiger partial charge is 0.465 e. The second kappa shape index (κ2) is 9.74. The summed E-state index contributed by atoms with van der Waals surface area (Å²) in [6.07, 6.45) is 2.04. The molecule has 0 aliphatic heterocycles. The molecule has 0 saturated carbocycles. The smallest absolute Gasteiger partial charge is 0.407 e. The first-order valence-corrected chi connectivity index (χ1v) is 14.2. The first-order valence-electron chi connectivity index (χ1n) is 9.93. The van der Waals surface area contributed by atoms with E-state index in [1.54, 1.807) is 18.2 Å². The summed E-state index contributed by atoms with van der Waals surface area (Å²) in [6, 6.07) is 7.82. The van der Waals surface area contributed by atoms with E-state index in [1.165, 1.54) is 19.2 Å². The molecule has 9 nitrogen and oxygen atoms in total. The van der Waals surface area contributed by atoms with Gasteiger partial charge in [0.15, 0.2) is 0 Å². The predicted molar refractivity (Wildman–Crippen MR) is 133 cm³/mol. The Kier molecular flexibility index (Phi) is 7.54. The van der Waals surface area contributed by atoms with Crippen LogP contribution >= 0.6 is 23.2 Å². The van der Waals surface area contributed by atoms with E-state index < -0.39 is 32.2 Å². The van der Waals surface area contributed by atoms with Gasteiger partial charge in [0.2, 0.25) is 20.0 Å². The standard InChI is InChI=1S/C21H23Cl2N3O6S2/c1-26(21(27)28)20-6-4-14(12-3-5-17(22)18(23)10-12)15-9-13(7-8-34(24,31)32)19(11-16(15)20)25-33(2,29)30/h3,5,7-11,14,20,25H,4,6H2,1-2H3,(H,27,28)(H2,24,31,32)/b8-7+/t14-,20-/m0/s1. The third-order valence-electron chi connectivity index (χ3n) is 5.57. The molecular formula is C21H23Cl2N3O6S2. The lowest BCUT2D eigenvalue weighted by Crippen LogP contribution is -2.33. The monoisotopic (exact) mass is 547 g/mol. The molecule has 0 radical (unpaired) electrons. The van der Waals surface area contributed by atoms with E-state index in [2.05, 4.69) is 4.72 Å². The Morgan fingerprint density at radius 1 is 1.12 bits per heavy atom. The molecule has 2 aromatic rings. The Labute approximate surface area is 208 Å². The number of carbonyl (C=O) groups is 1. The molecule has 1 aliphatic rings. The zero-order chi connectivity index (χ0) is 25.4. The molecule has 0 saturated heterocycles. The van der Waals surface area contributed by atoms with Crippen molar-refractivity contribution in [3.63, 3.8) is 0 Å². The van der Waals surface area contributed by atoms with Crippen LogP contribution in [0, 0.1) is 0 Å². The second-order valence-electron chi connectivity index (χ2n) is 8.05. The average molecular weight is 548 g/mol. The first kappa shape index (κ1) is 26.3. The highest BCUT2D eigenvalue weighted by Crippen LogP contribution is 2.46. The van der Waals surface area contributed by atoms with Crippen LogP contribution < -0.4 is 9.86 Å². The molecule has 2 aromatic carbocycles. The van der Waals surface area contributed by atoms with Gasteiger partial charge in [0.05, 0.1) is 28.0 Å². The number of primary sulfonamides is 1. The van der Waals surface area contributed by atoms with E-state index in [4.69, 9.17) is 28.3 Å². The fourth-order valence-corrected chi connectivity index (χ4v) is 5.30. The van der Waals surface area contributed by atoms with Crippen molar-refractivity contribution in [2.24, 2.45) is 5.14 Å². The predicted octanol–water partition coefficient (Wildman–Crippen LogP) is 4.20. The van der Waals surface area contributed by atoms with E-state index in [0.29, 0.717) is 34.0 Å². The fourth-order valence-electron chi connectivity index (χ4n) is 4.08. The normalized spacial score (nSPS) is 18.5. The number of carboxylic acid groups (broad SMARTS) is 1. The highest BCUT2D eigenvalue weighted by atomic mass is 35.5. The van der Waals surface area contributed by atoms with Gasteiger partial charge in [-0.05, 0) is 65.4 Å². The molecule has 184 valence electrons. The molecule has 0 spiro atoms. The van der Waals surface area contributed by atoms with Crippen molar-refractivity contribution >= 4 is 61.1 Å². The van der Waals surface area contributed by atoms with Gasteiger partial charge >= 0.3 is 6.09 Å². The van der Waals surface area contributed by atoms with Gasteiger partial charge in [0.25, 0.3) is 0 Å². The number of nitrogens with zero attached hydrogens (tertiary/aromatic N) is 1. The van der Waals surface area contributed by atoms with Crippen LogP contribution in [0.5, 0.6) is 0 Å². The molecule has 3 rings (SSSR count). The van der Waals surface area contributed by atoms with E-state index in [1.807, 2.05) is 6.07 Å². The first-order chi connectivity index (χ1) is 15.7. The Bertz CT molecular complexity index is 1380. The maximum Gasteiger partial charge on any atom is 0.407 e. The van der Waals surface area contributed by atoms with Gasteiger partial charge < -0.3 is 10.0 Å². The zero-order valence-corrected chi connectivity index (χ0v) is 21.3. The maximum absolute atomic E-state index is 12.0. The number of anilines is 1. The van der Waals surface area contributed by atoms with E-state index >= 15 is 0 Å². The topological polar surface area (TPSA) is 147 Å². The van der Waals surface area contributed by atoms with Crippen LogP contribution in [0.15, 0.2) is 35.7 Å². The number of rotatable bonds is 6. The molecule has 2 atom stereocenters. The summed E-state index contributed by atoms with van der Waals surface area (Å²) in [5.74, 6) is -0.225. The minimum atomic E-state index is -3.99. The van der Waals surface area contributed by atoms with E-state index in [9.17, 15) is 26.7 Å². The van der Waals surface area contributed by atoms with Crippen molar-refractivity contribution < 1.29 is 26.7 Å². The number of amides is 1. The third kappa shape index (κ3) is 6.22. The SMILES string of the molecule is CN(C(=O)O)[C@H]1CC[C@@H](c2ccc(Cl)c(Cl)c2)c2cc(/C=C/S(N)(=O)=O)c(NS(C)(=O)=O)cc21.